The van der Waals surface area contributed by atoms with E-state index in [0.29, 0.717) is 23.1 Å². The van der Waals surface area contributed by atoms with Crippen molar-refractivity contribution in [1.29, 1.82) is 0 Å². The number of carbonyl (C=O) groups excluding carboxylic acids is 1. The van der Waals surface area contributed by atoms with Crippen LogP contribution in [0.15, 0.2) is 36.7 Å². The van der Waals surface area contributed by atoms with E-state index in [1.54, 1.807) is 26.4 Å². The first-order valence-electron chi connectivity index (χ1n) is 8.75. The first-order chi connectivity index (χ1) is 12.2. The number of nitrogens with zero attached hydrogens (tertiary/aromatic N) is 3. The Bertz CT molecular complexity index is 745. The summed E-state index contributed by atoms with van der Waals surface area (Å²) >= 11 is 0. The number of aromatic nitrogens is 2. The normalized spacial score (nSPS) is 25.0. The summed E-state index contributed by atoms with van der Waals surface area (Å²) in [5, 5.41) is 4.39. The fraction of sp³-hybridized carbons (Fsp3) is 0.474. The number of fused-ring (bicyclic) bond motifs is 2. The Balaban J connectivity index is 1.58. The summed E-state index contributed by atoms with van der Waals surface area (Å²) in [7, 11) is 3.20. The fourth-order valence-corrected chi connectivity index (χ4v) is 4.31. The molecule has 6 nitrogen and oxygen atoms in total. The molecule has 2 saturated heterocycles. The summed E-state index contributed by atoms with van der Waals surface area (Å²) in [6, 6.07) is 8.27. The summed E-state index contributed by atoms with van der Waals surface area (Å²) < 4.78 is 12.7. The van der Waals surface area contributed by atoms with Crippen LogP contribution >= 0.6 is 0 Å². The third kappa shape index (κ3) is 2.75. The van der Waals surface area contributed by atoms with Crippen molar-refractivity contribution in [2.24, 2.45) is 0 Å². The van der Waals surface area contributed by atoms with E-state index >= 15 is 0 Å². The highest BCUT2D eigenvalue weighted by Gasteiger charge is 2.44. The van der Waals surface area contributed by atoms with Gasteiger partial charge in [-0.15, -0.1) is 0 Å². The van der Waals surface area contributed by atoms with Gasteiger partial charge in [0.1, 0.15) is 11.5 Å². The van der Waals surface area contributed by atoms with Gasteiger partial charge in [0.25, 0.3) is 5.91 Å². The smallest absolute Gasteiger partial charge is 0.258 e. The van der Waals surface area contributed by atoms with Crippen molar-refractivity contribution in [3.05, 3.63) is 42.2 Å². The minimum atomic E-state index is 0.0610. The van der Waals surface area contributed by atoms with E-state index in [2.05, 4.69) is 10.00 Å². The zero-order chi connectivity index (χ0) is 17.4. The third-order valence-electron chi connectivity index (χ3n) is 5.48. The van der Waals surface area contributed by atoms with Crippen LogP contribution in [0, 0.1) is 0 Å². The number of rotatable bonds is 4. The van der Waals surface area contributed by atoms with Crippen LogP contribution in [-0.4, -0.2) is 46.9 Å². The van der Waals surface area contributed by atoms with Crippen LogP contribution in [0.2, 0.25) is 0 Å². The van der Waals surface area contributed by atoms with Crippen molar-refractivity contribution >= 4 is 5.91 Å². The van der Waals surface area contributed by atoms with Gasteiger partial charge in [0.2, 0.25) is 0 Å². The van der Waals surface area contributed by atoms with E-state index < -0.39 is 0 Å². The predicted molar refractivity (Wildman–Crippen MR) is 93.0 cm³/mol. The second-order valence-electron chi connectivity index (χ2n) is 6.77. The molecule has 2 aliphatic rings. The van der Waals surface area contributed by atoms with Gasteiger partial charge >= 0.3 is 0 Å². The maximum absolute atomic E-state index is 13.2. The number of piperidine rings is 1. The topological polar surface area (TPSA) is 56.6 Å². The standard InChI is InChI=1S/C19H23N3O3/c1-24-16-6-7-17(18(12-16)25-2)19(23)22-13-4-5-14(22)11-15(10-13)21-9-3-8-20-21/h3,6-9,12-15H,4-5,10-11H2,1-2H3. The largest absolute Gasteiger partial charge is 0.497 e. The number of hydrogen-bond acceptors (Lipinski definition) is 4. The van der Waals surface area contributed by atoms with Crippen LogP contribution in [0.5, 0.6) is 11.5 Å². The molecule has 0 saturated carbocycles. The maximum atomic E-state index is 13.2. The van der Waals surface area contributed by atoms with E-state index in [1.807, 2.05) is 29.2 Å². The number of benzene rings is 1. The van der Waals surface area contributed by atoms with E-state index in [1.165, 1.54) is 0 Å². The summed E-state index contributed by atoms with van der Waals surface area (Å²) in [6.07, 6.45) is 7.89. The molecule has 0 radical (unpaired) electrons. The summed E-state index contributed by atoms with van der Waals surface area (Å²) in [5.74, 6) is 1.32. The zero-order valence-corrected chi connectivity index (χ0v) is 14.6. The lowest BCUT2D eigenvalue weighted by Gasteiger charge is -2.39. The van der Waals surface area contributed by atoms with E-state index in [-0.39, 0.29) is 18.0 Å². The van der Waals surface area contributed by atoms with Gasteiger partial charge in [-0.25, -0.2) is 0 Å². The van der Waals surface area contributed by atoms with E-state index in [4.69, 9.17) is 9.47 Å². The van der Waals surface area contributed by atoms with Crippen molar-refractivity contribution in [3.63, 3.8) is 0 Å². The Labute approximate surface area is 147 Å². The second kappa shape index (κ2) is 6.43. The average molecular weight is 341 g/mol. The quantitative estimate of drug-likeness (QED) is 0.858. The molecule has 2 fully saturated rings. The van der Waals surface area contributed by atoms with Gasteiger partial charge in [-0.2, -0.15) is 5.10 Å². The lowest BCUT2D eigenvalue weighted by Crippen LogP contribution is -2.47. The van der Waals surface area contributed by atoms with Gasteiger partial charge in [0, 0.05) is 30.5 Å². The van der Waals surface area contributed by atoms with Crippen LogP contribution in [0.4, 0.5) is 0 Å². The number of amides is 1. The molecule has 2 atom stereocenters. The van der Waals surface area contributed by atoms with Gasteiger partial charge in [0.05, 0.1) is 25.8 Å². The molecule has 2 bridgehead atoms. The number of carbonyl (C=O) groups is 1. The van der Waals surface area contributed by atoms with Crippen LogP contribution in [0.25, 0.3) is 0 Å². The van der Waals surface area contributed by atoms with Crippen molar-refractivity contribution in [2.45, 2.75) is 43.8 Å². The highest BCUT2D eigenvalue weighted by Crippen LogP contribution is 2.42. The molecule has 1 aromatic heterocycles. The highest BCUT2D eigenvalue weighted by molar-refractivity contribution is 5.97. The first-order valence-corrected chi connectivity index (χ1v) is 8.75. The van der Waals surface area contributed by atoms with Crippen molar-refractivity contribution in [3.8, 4) is 11.5 Å². The molecule has 4 rings (SSSR count). The molecule has 2 aliphatic heterocycles. The molecule has 2 unspecified atom stereocenters. The highest BCUT2D eigenvalue weighted by atomic mass is 16.5. The molecule has 132 valence electrons. The Morgan fingerprint density at radius 3 is 2.48 bits per heavy atom. The van der Waals surface area contributed by atoms with E-state index in [0.717, 1.165) is 25.7 Å². The molecular formula is C19H23N3O3. The zero-order valence-electron chi connectivity index (χ0n) is 14.6. The molecule has 2 aromatic rings. The Morgan fingerprint density at radius 2 is 1.88 bits per heavy atom. The predicted octanol–water partition coefficient (Wildman–Crippen LogP) is 2.91. The molecule has 1 aromatic carbocycles. The van der Waals surface area contributed by atoms with Crippen molar-refractivity contribution in [2.75, 3.05) is 14.2 Å². The molecule has 6 heteroatoms. The molecule has 0 aliphatic carbocycles. The first kappa shape index (κ1) is 16.0. The third-order valence-corrected chi connectivity index (χ3v) is 5.48. The molecule has 1 amide bonds. The molecule has 3 heterocycles. The minimum absolute atomic E-state index is 0.0610. The monoisotopic (exact) mass is 341 g/mol. The van der Waals surface area contributed by atoms with Crippen molar-refractivity contribution in [1.82, 2.24) is 14.7 Å². The number of ether oxygens (including phenoxy) is 2. The summed E-state index contributed by atoms with van der Waals surface area (Å²) in [6.45, 7) is 0. The van der Waals surface area contributed by atoms with Crippen LogP contribution in [0.1, 0.15) is 42.1 Å². The van der Waals surface area contributed by atoms with Gasteiger partial charge in [0.15, 0.2) is 0 Å². The van der Waals surface area contributed by atoms with Gasteiger partial charge in [-0.3, -0.25) is 9.48 Å². The number of methoxy groups -OCH3 is 2. The summed E-state index contributed by atoms with van der Waals surface area (Å²) in [5.41, 5.74) is 0.609. The van der Waals surface area contributed by atoms with Crippen LogP contribution < -0.4 is 9.47 Å². The number of hydrogen-bond donors (Lipinski definition) is 0. The lowest BCUT2D eigenvalue weighted by molar-refractivity contribution is 0.0521. The second-order valence-corrected chi connectivity index (χ2v) is 6.77. The molecular weight excluding hydrogens is 318 g/mol. The summed E-state index contributed by atoms with van der Waals surface area (Å²) in [4.78, 5) is 15.3. The molecule has 0 N–H and O–H groups in total. The maximum Gasteiger partial charge on any atom is 0.258 e. The Morgan fingerprint density at radius 1 is 1.12 bits per heavy atom. The lowest BCUT2D eigenvalue weighted by atomic mass is 9.96. The molecule has 25 heavy (non-hydrogen) atoms. The van der Waals surface area contributed by atoms with Crippen molar-refractivity contribution < 1.29 is 14.3 Å². The Kier molecular flexibility index (Phi) is 4.11. The van der Waals surface area contributed by atoms with Gasteiger partial charge in [-0.05, 0) is 43.9 Å². The molecule has 0 spiro atoms. The van der Waals surface area contributed by atoms with Gasteiger partial charge < -0.3 is 14.4 Å². The fourth-order valence-electron chi connectivity index (χ4n) is 4.31. The van der Waals surface area contributed by atoms with Crippen LogP contribution in [0.3, 0.4) is 0 Å². The van der Waals surface area contributed by atoms with E-state index in [9.17, 15) is 4.79 Å². The SMILES string of the molecule is COc1ccc(C(=O)N2C3CCC2CC(n2cccn2)C3)c(OC)c1. The average Bonchev–Trinajstić information content (AvgIpc) is 3.27. The Hall–Kier alpha value is -2.50. The van der Waals surface area contributed by atoms with Gasteiger partial charge in [-0.1, -0.05) is 0 Å². The minimum Gasteiger partial charge on any atom is -0.497 e. The van der Waals surface area contributed by atoms with Crippen LogP contribution in [-0.2, 0) is 0 Å².